The van der Waals surface area contributed by atoms with Gasteiger partial charge in [0, 0.05) is 4.47 Å². The molecule has 3 nitrogen and oxygen atoms in total. The van der Waals surface area contributed by atoms with Gasteiger partial charge < -0.3 is 10.2 Å². The second-order valence-corrected chi connectivity index (χ2v) is 3.33. The van der Waals surface area contributed by atoms with Gasteiger partial charge in [0.15, 0.2) is 23.1 Å². The summed E-state index contributed by atoms with van der Waals surface area (Å²) in [4.78, 5) is 10.9. The highest BCUT2D eigenvalue weighted by Gasteiger charge is 2.18. The Labute approximate surface area is 81.9 Å². The highest BCUT2D eigenvalue weighted by atomic mass is 79.9. The number of phenols is 2. The fourth-order valence-corrected chi connectivity index (χ4v) is 1.59. The van der Waals surface area contributed by atoms with E-state index in [0.29, 0.717) is 0 Å². The largest absolute Gasteiger partial charge is 0.504 e. The van der Waals surface area contributed by atoms with Crippen molar-refractivity contribution >= 4 is 21.7 Å². The van der Waals surface area contributed by atoms with Crippen LogP contribution in [0, 0.1) is 5.82 Å². The van der Waals surface area contributed by atoms with Gasteiger partial charge >= 0.3 is 0 Å². The van der Waals surface area contributed by atoms with Gasteiger partial charge in [0.25, 0.3) is 0 Å². The zero-order valence-corrected chi connectivity index (χ0v) is 8.22. The molecule has 0 fully saturated rings. The molecular formula is C8H6BrFO3. The zero-order valence-electron chi connectivity index (χ0n) is 6.64. The predicted molar refractivity (Wildman–Crippen MR) is 47.4 cm³/mol. The smallest absolute Gasteiger partial charge is 0.194 e. The van der Waals surface area contributed by atoms with Gasteiger partial charge in [-0.1, -0.05) is 0 Å². The molecule has 0 saturated carbocycles. The van der Waals surface area contributed by atoms with Crippen molar-refractivity contribution < 1.29 is 19.4 Å². The molecule has 0 atom stereocenters. The Morgan fingerprint density at radius 3 is 2.54 bits per heavy atom. The molecule has 0 unspecified atom stereocenters. The Morgan fingerprint density at radius 1 is 1.54 bits per heavy atom. The molecule has 1 aromatic carbocycles. The average molecular weight is 249 g/mol. The summed E-state index contributed by atoms with van der Waals surface area (Å²) in [5.74, 6) is -3.15. The van der Waals surface area contributed by atoms with Crippen LogP contribution in [0.4, 0.5) is 4.39 Å². The second-order valence-electron chi connectivity index (χ2n) is 2.47. The van der Waals surface area contributed by atoms with Crippen LogP contribution >= 0.6 is 15.9 Å². The van der Waals surface area contributed by atoms with E-state index in [4.69, 9.17) is 10.2 Å². The van der Waals surface area contributed by atoms with Crippen molar-refractivity contribution in [3.8, 4) is 11.5 Å². The third kappa shape index (κ3) is 1.65. The van der Waals surface area contributed by atoms with Crippen LogP contribution < -0.4 is 0 Å². The molecule has 0 aromatic heterocycles. The molecule has 70 valence electrons. The molecular weight excluding hydrogens is 243 g/mol. The van der Waals surface area contributed by atoms with Crippen LogP contribution in [0.15, 0.2) is 10.5 Å². The third-order valence-corrected chi connectivity index (χ3v) is 2.15. The highest BCUT2D eigenvalue weighted by Crippen LogP contribution is 2.35. The third-order valence-electron chi connectivity index (χ3n) is 1.52. The van der Waals surface area contributed by atoms with Gasteiger partial charge in [-0.3, -0.25) is 4.79 Å². The first kappa shape index (κ1) is 9.98. The summed E-state index contributed by atoms with van der Waals surface area (Å²) in [5, 5.41) is 17.9. The predicted octanol–water partition coefficient (Wildman–Crippen LogP) is 2.20. The lowest BCUT2D eigenvalue weighted by Crippen LogP contribution is -1.98. The molecule has 0 amide bonds. The fourth-order valence-electron chi connectivity index (χ4n) is 0.919. The van der Waals surface area contributed by atoms with Crippen molar-refractivity contribution in [3.05, 3.63) is 21.9 Å². The number of aromatic hydroxyl groups is 2. The number of phenolic OH excluding ortho intramolecular Hbond substituents is 2. The van der Waals surface area contributed by atoms with Crippen LogP contribution in [0.2, 0.25) is 0 Å². The van der Waals surface area contributed by atoms with E-state index in [1.165, 1.54) is 6.92 Å². The van der Waals surface area contributed by atoms with Crippen LogP contribution in [0.25, 0.3) is 0 Å². The summed E-state index contributed by atoms with van der Waals surface area (Å²) in [6.07, 6.45) is 0. The molecule has 0 spiro atoms. The van der Waals surface area contributed by atoms with E-state index in [-0.39, 0.29) is 10.0 Å². The first-order valence-corrected chi connectivity index (χ1v) is 4.15. The van der Waals surface area contributed by atoms with Crippen LogP contribution in [-0.4, -0.2) is 16.0 Å². The Morgan fingerprint density at radius 2 is 2.08 bits per heavy atom. The van der Waals surface area contributed by atoms with Gasteiger partial charge in [-0.15, -0.1) is 0 Å². The Balaban J connectivity index is 3.53. The SMILES string of the molecule is CC(=O)c1c(Br)cc(O)c(O)c1F. The number of hydrogen-bond acceptors (Lipinski definition) is 3. The summed E-state index contributed by atoms with van der Waals surface area (Å²) in [6.45, 7) is 1.17. The van der Waals surface area contributed by atoms with E-state index in [2.05, 4.69) is 15.9 Å². The lowest BCUT2D eigenvalue weighted by Gasteiger charge is -2.05. The number of halogens is 2. The average Bonchev–Trinajstić information content (AvgIpc) is 1.99. The van der Waals surface area contributed by atoms with Crippen LogP contribution in [0.5, 0.6) is 11.5 Å². The molecule has 1 rings (SSSR count). The van der Waals surface area contributed by atoms with E-state index in [9.17, 15) is 9.18 Å². The van der Waals surface area contributed by atoms with E-state index in [1.54, 1.807) is 0 Å². The Bertz CT molecular complexity index is 376. The summed E-state index contributed by atoms with van der Waals surface area (Å²) in [6, 6.07) is 1.06. The lowest BCUT2D eigenvalue weighted by molar-refractivity contribution is 0.101. The van der Waals surface area contributed by atoms with Crippen molar-refractivity contribution in [1.29, 1.82) is 0 Å². The summed E-state index contributed by atoms with van der Waals surface area (Å²) >= 11 is 2.90. The Hall–Kier alpha value is -1.10. The van der Waals surface area contributed by atoms with E-state index < -0.39 is 23.1 Å². The minimum Gasteiger partial charge on any atom is -0.504 e. The zero-order chi connectivity index (χ0) is 10.2. The monoisotopic (exact) mass is 248 g/mol. The Kier molecular flexibility index (Phi) is 2.56. The molecule has 1 aromatic rings. The maximum atomic E-state index is 13.1. The number of benzene rings is 1. The first-order chi connectivity index (χ1) is 5.95. The van der Waals surface area contributed by atoms with Gasteiger partial charge in [0.05, 0.1) is 5.56 Å². The maximum absolute atomic E-state index is 13.1. The molecule has 0 aliphatic heterocycles. The number of hydrogen-bond donors (Lipinski definition) is 2. The molecule has 0 bridgehead atoms. The molecule has 0 aliphatic rings. The van der Waals surface area contributed by atoms with E-state index in [1.807, 2.05) is 0 Å². The van der Waals surface area contributed by atoms with Crippen molar-refractivity contribution in [2.45, 2.75) is 6.92 Å². The van der Waals surface area contributed by atoms with Crippen molar-refractivity contribution in [1.82, 2.24) is 0 Å². The minimum absolute atomic E-state index is 0.118. The van der Waals surface area contributed by atoms with Crippen LogP contribution in [0.3, 0.4) is 0 Å². The number of Topliss-reactive ketones (excluding diaryl/α,β-unsaturated/α-hetero) is 1. The topological polar surface area (TPSA) is 57.5 Å². The fraction of sp³-hybridized carbons (Fsp3) is 0.125. The molecule has 0 saturated heterocycles. The van der Waals surface area contributed by atoms with Crippen molar-refractivity contribution in [3.63, 3.8) is 0 Å². The second kappa shape index (κ2) is 3.33. The van der Waals surface area contributed by atoms with Crippen molar-refractivity contribution in [2.75, 3.05) is 0 Å². The van der Waals surface area contributed by atoms with Gasteiger partial charge in [-0.25, -0.2) is 4.39 Å². The summed E-state index contributed by atoms with van der Waals surface area (Å²) in [5.41, 5.74) is -0.268. The van der Waals surface area contributed by atoms with Gasteiger partial charge in [0.1, 0.15) is 0 Å². The van der Waals surface area contributed by atoms with Crippen molar-refractivity contribution in [2.24, 2.45) is 0 Å². The van der Waals surface area contributed by atoms with E-state index in [0.717, 1.165) is 6.07 Å². The van der Waals surface area contributed by atoms with Gasteiger partial charge in [-0.2, -0.15) is 0 Å². The molecule has 2 N–H and O–H groups in total. The number of ketones is 1. The minimum atomic E-state index is -1.11. The quantitative estimate of drug-likeness (QED) is 0.592. The molecule has 5 heteroatoms. The standard InChI is InChI=1S/C8H6BrFO3/c1-3(11)6-4(9)2-5(12)8(13)7(6)10/h2,12-13H,1H3. The van der Waals surface area contributed by atoms with E-state index >= 15 is 0 Å². The molecule has 0 aliphatic carbocycles. The lowest BCUT2D eigenvalue weighted by atomic mass is 10.1. The highest BCUT2D eigenvalue weighted by molar-refractivity contribution is 9.10. The summed E-state index contributed by atoms with van der Waals surface area (Å²) in [7, 11) is 0. The summed E-state index contributed by atoms with van der Waals surface area (Å²) < 4.78 is 13.2. The maximum Gasteiger partial charge on any atom is 0.194 e. The number of carbonyl (C=O) groups excluding carboxylic acids is 1. The van der Waals surface area contributed by atoms with Crippen LogP contribution in [0.1, 0.15) is 17.3 Å². The van der Waals surface area contributed by atoms with Gasteiger partial charge in [0.2, 0.25) is 0 Å². The van der Waals surface area contributed by atoms with Crippen LogP contribution in [-0.2, 0) is 0 Å². The first-order valence-electron chi connectivity index (χ1n) is 3.36. The normalized spacial score (nSPS) is 10.1. The van der Waals surface area contributed by atoms with Gasteiger partial charge in [-0.05, 0) is 28.9 Å². The number of rotatable bonds is 1. The molecule has 0 radical (unpaired) electrons. The molecule has 0 heterocycles. The molecule has 13 heavy (non-hydrogen) atoms. The number of carbonyl (C=O) groups is 1.